The fourth-order valence-electron chi connectivity index (χ4n) is 3.96. The molecule has 1 aromatic rings. The largest absolute Gasteiger partial charge is 0.491 e. The van der Waals surface area contributed by atoms with Gasteiger partial charge in [-0.3, -0.25) is 4.90 Å². The third-order valence-electron chi connectivity index (χ3n) is 5.00. The van der Waals surface area contributed by atoms with Crippen LogP contribution in [0, 0.1) is 17.2 Å². The Hall–Kier alpha value is -1.24. The molecule has 0 bridgehead atoms. The Balaban J connectivity index is 0.00000176. The summed E-state index contributed by atoms with van der Waals surface area (Å²) in [5, 5.41) is 9.08. The molecule has 0 aromatic heterocycles. The molecule has 1 aliphatic carbocycles. The first-order valence-electron chi connectivity index (χ1n) is 8.24. The summed E-state index contributed by atoms with van der Waals surface area (Å²) in [5.41, 5.74) is 0.631. The van der Waals surface area contributed by atoms with Crippen molar-refractivity contribution in [1.29, 1.82) is 5.26 Å². The van der Waals surface area contributed by atoms with Gasteiger partial charge in [0.2, 0.25) is 0 Å². The number of para-hydroxylation sites is 1. The van der Waals surface area contributed by atoms with E-state index in [9.17, 15) is 0 Å². The van der Waals surface area contributed by atoms with Gasteiger partial charge >= 0.3 is 0 Å². The van der Waals surface area contributed by atoms with Crippen molar-refractivity contribution in [2.75, 3.05) is 19.7 Å². The van der Waals surface area contributed by atoms with Gasteiger partial charge in [-0.05, 0) is 50.3 Å². The predicted octanol–water partition coefficient (Wildman–Crippen LogP) is 4.01. The van der Waals surface area contributed by atoms with E-state index in [1.807, 2.05) is 24.3 Å². The Morgan fingerprint density at radius 2 is 1.91 bits per heavy atom. The molecule has 1 saturated heterocycles. The summed E-state index contributed by atoms with van der Waals surface area (Å²) in [6.45, 7) is 2.88. The first kappa shape index (κ1) is 17.1. The molecule has 1 heterocycles. The van der Waals surface area contributed by atoms with E-state index in [1.54, 1.807) is 0 Å². The van der Waals surface area contributed by atoms with E-state index in [0.29, 0.717) is 12.2 Å². The van der Waals surface area contributed by atoms with Crippen LogP contribution in [0.1, 0.15) is 44.1 Å². The predicted molar refractivity (Wildman–Crippen MR) is 90.5 cm³/mol. The van der Waals surface area contributed by atoms with Crippen molar-refractivity contribution in [1.82, 2.24) is 4.90 Å². The summed E-state index contributed by atoms with van der Waals surface area (Å²) in [6, 6.07) is 10.5. The number of nitrogens with zero attached hydrogens (tertiary/aromatic N) is 2. The molecule has 3 rings (SSSR count). The van der Waals surface area contributed by atoms with Crippen LogP contribution in [0.2, 0.25) is 0 Å². The Kier molecular flexibility index (Phi) is 6.54. The van der Waals surface area contributed by atoms with Gasteiger partial charge in [-0.25, -0.2) is 0 Å². The summed E-state index contributed by atoms with van der Waals surface area (Å²) < 4.78 is 5.85. The second-order valence-electron chi connectivity index (χ2n) is 6.25. The molecule has 1 aliphatic heterocycles. The summed E-state index contributed by atoms with van der Waals surface area (Å²) in [7, 11) is 0. The van der Waals surface area contributed by atoms with E-state index in [4.69, 9.17) is 10.00 Å². The normalized spacial score (nSPS) is 24.7. The Morgan fingerprint density at radius 1 is 1.14 bits per heavy atom. The van der Waals surface area contributed by atoms with E-state index in [2.05, 4.69) is 11.0 Å². The first-order valence-corrected chi connectivity index (χ1v) is 8.24. The van der Waals surface area contributed by atoms with E-state index in [-0.39, 0.29) is 12.4 Å². The van der Waals surface area contributed by atoms with Crippen LogP contribution in [-0.4, -0.2) is 30.6 Å². The molecule has 1 aromatic carbocycles. The zero-order valence-corrected chi connectivity index (χ0v) is 13.9. The maximum absolute atomic E-state index is 9.08. The van der Waals surface area contributed by atoms with Crippen molar-refractivity contribution in [2.24, 2.45) is 5.92 Å². The van der Waals surface area contributed by atoms with E-state index in [0.717, 1.165) is 24.3 Å². The SMILES string of the molecule is Cl.N#Cc1ccccc1OCCN1CCC[C@@H]2CCCC[C@H]21. The quantitative estimate of drug-likeness (QED) is 0.841. The lowest BCUT2D eigenvalue weighted by Gasteiger charge is -2.44. The Labute approximate surface area is 139 Å². The fourth-order valence-corrected chi connectivity index (χ4v) is 3.96. The third kappa shape index (κ3) is 3.94. The molecule has 2 fully saturated rings. The molecule has 0 radical (unpaired) electrons. The molecular weight excluding hydrogens is 296 g/mol. The molecule has 0 unspecified atom stereocenters. The number of benzene rings is 1. The summed E-state index contributed by atoms with van der Waals surface area (Å²) >= 11 is 0. The molecule has 4 heteroatoms. The first-order chi connectivity index (χ1) is 10.4. The van der Waals surface area contributed by atoms with Crippen LogP contribution in [0.5, 0.6) is 5.75 Å². The third-order valence-corrected chi connectivity index (χ3v) is 5.00. The topological polar surface area (TPSA) is 36.3 Å². The molecule has 0 N–H and O–H groups in total. The van der Waals surface area contributed by atoms with E-state index < -0.39 is 0 Å². The zero-order chi connectivity index (χ0) is 14.5. The van der Waals surface area contributed by atoms with Crippen molar-refractivity contribution in [3.63, 3.8) is 0 Å². The van der Waals surface area contributed by atoms with Gasteiger partial charge in [0.05, 0.1) is 5.56 Å². The van der Waals surface area contributed by atoms with Crippen LogP contribution < -0.4 is 4.74 Å². The molecule has 0 spiro atoms. The molecule has 0 amide bonds. The number of rotatable bonds is 4. The summed E-state index contributed by atoms with van der Waals surface area (Å²) in [4.78, 5) is 2.63. The second kappa shape index (κ2) is 8.41. The van der Waals surface area contributed by atoms with Gasteiger partial charge in [-0.1, -0.05) is 25.0 Å². The van der Waals surface area contributed by atoms with Crippen LogP contribution in [0.3, 0.4) is 0 Å². The van der Waals surface area contributed by atoms with Crippen LogP contribution in [0.15, 0.2) is 24.3 Å². The maximum Gasteiger partial charge on any atom is 0.137 e. The van der Waals surface area contributed by atoms with Crippen molar-refractivity contribution in [2.45, 2.75) is 44.6 Å². The second-order valence-corrected chi connectivity index (χ2v) is 6.25. The lowest BCUT2D eigenvalue weighted by atomic mass is 9.78. The summed E-state index contributed by atoms with van der Waals surface area (Å²) in [6.07, 6.45) is 8.32. The maximum atomic E-state index is 9.08. The van der Waals surface area contributed by atoms with Gasteiger partial charge in [0.1, 0.15) is 18.4 Å². The average molecular weight is 321 g/mol. The fraction of sp³-hybridized carbons (Fsp3) is 0.611. The number of halogens is 1. The highest BCUT2D eigenvalue weighted by Gasteiger charge is 2.32. The Morgan fingerprint density at radius 3 is 2.77 bits per heavy atom. The summed E-state index contributed by atoms with van der Waals surface area (Å²) in [5.74, 6) is 1.64. The Bertz CT molecular complexity index is 512. The van der Waals surface area contributed by atoms with Crippen LogP contribution in [-0.2, 0) is 0 Å². The van der Waals surface area contributed by atoms with Crippen molar-refractivity contribution >= 4 is 12.4 Å². The van der Waals surface area contributed by atoms with E-state index in [1.165, 1.54) is 45.1 Å². The number of hydrogen-bond acceptors (Lipinski definition) is 3. The van der Waals surface area contributed by atoms with Gasteiger partial charge in [-0.15, -0.1) is 12.4 Å². The number of fused-ring (bicyclic) bond motifs is 1. The van der Waals surface area contributed by atoms with Gasteiger partial charge < -0.3 is 4.74 Å². The monoisotopic (exact) mass is 320 g/mol. The standard InChI is InChI=1S/C18H24N2O.ClH/c19-14-16-7-2-4-10-18(16)21-13-12-20-11-5-8-15-6-1-3-9-17(15)20;/h2,4,7,10,15,17H,1,3,5-6,8-9,11-13H2;1H/t15-,17+;/m0./s1. The van der Waals surface area contributed by atoms with Crippen molar-refractivity contribution in [3.8, 4) is 11.8 Å². The molecular formula is C18H25ClN2O. The highest BCUT2D eigenvalue weighted by molar-refractivity contribution is 5.85. The number of ether oxygens (including phenoxy) is 1. The lowest BCUT2D eigenvalue weighted by Crippen LogP contribution is -2.48. The van der Waals surface area contributed by atoms with Crippen LogP contribution in [0.4, 0.5) is 0 Å². The average Bonchev–Trinajstić information content (AvgIpc) is 2.55. The van der Waals surface area contributed by atoms with Crippen molar-refractivity contribution in [3.05, 3.63) is 29.8 Å². The molecule has 120 valence electrons. The van der Waals surface area contributed by atoms with Crippen LogP contribution in [0.25, 0.3) is 0 Å². The number of nitriles is 1. The highest BCUT2D eigenvalue weighted by atomic mass is 35.5. The molecule has 2 atom stereocenters. The van der Waals surface area contributed by atoms with Crippen LogP contribution >= 0.6 is 12.4 Å². The number of hydrogen-bond donors (Lipinski definition) is 0. The smallest absolute Gasteiger partial charge is 0.137 e. The zero-order valence-electron chi connectivity index (χ0n) is 13.0. The minimum absolute atomic E-state index is 0. The molecule has 1 saturated carbocycles. The lowest BCUT2D eigenvalue weighted by molar-refractivity contribution is 0.0501. The van der Waals surface area contributed by atoms with E-state index >= 15 is 0 Å². The molecule has 22 heavy (non-hydrogen) atoms. The minimum Gasteiger partial charge on any atom is -0.491 e. The minimum atomic E-state index is 0. The molecule has 3 nitrogen and oxygen atoms in total. The van der Waals surface area contributed by atoms with Gasteiger partial charge in [-0.2, -0.15) is 5.26 Å². The van der Waals surface area contributed by atoms with Gasteiger partial charge in [0.15, 0.2) is 0 Å². The molecule has 2 aliphatic rings. The van der Waals surface area contributed by atoms with Gasteiger partial charge in [0, 0.05) is 12.6 Å². The number of piperidine rings is 1. The van der Waals surface area contributed by atoms with Gasteiger partial charge in [0.25, 0.3) is 0 Å². The number of likely N-dealkylation sites (tertiary alicyclic amines) is 1. The van der Waals surface area contributed by atoms with Crippen molar-refractivity contribution < 1.29 is 4.74 Å². The highest BCUT2D eigenvalue weighted by Crippen LogP contribution is 2.35.